The average Bonchev–Trinajstić information content (AvgIpc) is 2.70. The minimum Gasteiger partial charge on any atom is -0.489 e. The van der Waals surface area contributed by atoms with Gasteiger partial charge in [-0.1, -0.05) is 43.3 Å². The van der Waals surface area contributed by atoms with Gasteiger partial charge in [0.2, 0.25) is 0 Å². The summed E-state index contributed by atoms with van der Waals surface area (Å²) in [6, 6.07) is 18.9. The van der Waals surface area contributed by atoms with Gasteiger partial charge in [-0.15, -0.1) is 0 Å². The second kappa shape index (κ2) is 8.94. The number of hydrogen-bond donors (Lipinski definition) is 1. The molecule has 0 aromatic heterocycles. The van der Waals surface area contributed by atoms with Gasteiger partial charge >= 0.3 is 5.97 Å². The number of benzene rings is 3. The van der Waals surface area contributed by atoms with Gasteiger partial charge in [0, 0.05) is 5.39 Å². The lowest BCUT2D eigenvalue weighted by atomic mass is 10.1. The van der Waals surface area contributed by atoms with Crippen molar-refractivity contribution in [2.45, 2.75) is 13.3 Å². The van der Waals surface area contributed by atoms with E-state index in [1.54, 1.807) is 18.2 Å². The molecule has 0 atom stereocenters. The maximum absolute atomic E-state index is 12.0. The summed E-state index contributed by atoms with van der Waals surface area (Å²) in [7, 11) is 0. The van der Waals surface area contributed by atoms with E-state index < -0.39 is 0 Å². The number of nitrogen functional groups attached to an aromatic ring is 1. The molecule has 5 nitrogen and oxygen atoms in total. The SMILES string of the molecule is CCCOC(=O)c1ccc(N)c(OCCOc2cccc3ccccc23)c1. The van der Waals surface area contributed by atoms with Gasteiger partial charge in [-0.05, 0) is 36.1 Å². The van der Waals surface area contributed by atoms with Crippen molar-refractivity contribution >= 4 is 22.4 Å². The largest absolute Gasteiger partial charge is 0.489 e. The standard InChI is InChI=1S/C22H23NO4/c1-2-12-27-22(24)17-10-11-19(23)21(15-17)26-14-13-25-20-9-5-7-16-6-3-4-8-18(16)20/h3-11,15H,2,12-14,23H2,1H3. The number of fused-ring (bicyclic) bond motifs is 1. The molecule has 0 radical (unpaired) electrons. The minimum atomic E-state index is -0.381. The van der Waals surface area contributed by atoms with Crippen LogP contribution in [0.4, 0.5) is 5.69 Å². The number of anilines is 1. The highest BCUT2D eigenvalue weighted by molar-refractivity contribution is 5.90. The number of ether oxygens (including phenoxy) is 3. The molecule has 0 amide bonds. The van der Waals surface area contributed by atoms with Gasteiger partial charge in [-0.2, -0.15) is 0 Å². The summed E-state index contributed by atoms with van der Waals surface area (Å²) in [4.78, 5) is 12.0. The van der Waals surface area contributed by atoms with Crippen molar-refractivity contribution in [2.24, 2.45) is 0 Å². The van der Waals surface area contributed by atoms with Crippen molar-refractivity contribution in [1.82, 2.24) is 0 Å². The Labute approximate surface area is 158 Å². The maximum Gasteiger partial charge on any atom is 0.338 e. The number of carbonyl (C=O) groups is 1. The van der Waals surface area contributed by atoms with Gasteiger partial charge < -0.3 is 19.9 Å². The summed E-state index contributed by atoms with van der Waals surface area (Å²) in [5.41, 5.74) is 6.82. The number of esters is 1. The normalized spacial score (nSPS) is 10.6. The first-order chi connectivity index (χ1) is 13.2. The number of hydrogen-bond acceptors (Lipinski definition) is 5. The molecule has 0 aliphatic carbocycles. The van der Waals surface area contributed by atoms with Crippen LogP contribution >= 0.6 is 0 Å². The Morgan fingerprint density at radius 1 is 0.889 bits per heavy atom. The molecular weight excluding hydrogens is 342 g/mol. The molecular formula is C22H23NO4. The molecule has 27 heavy (non-hydrogen) atoms. The lowest BCUT2D eigenvalue weighted by Gasteiger charge is -2.12. The van der Waals surface area contributed by atoms with Crippen LogP contribution in [0.5, 0.6) is 11.5 Å². The molecule has 0 spiro atoms. The van der Waals surface area contributed by atoms with Gasteiger partial charge in [0.05, 0.1) is 17.9 Å². The van der Waals surface area contributed by atoms with Gasteiger partial charge in [0.25, 0.3) is 0 Å². The molecule has 0 bridgehead atoms. The highest BCUT2D eigenvalue weighted by Crippen LogP contribution is 2.26. The zero-order chi connectivity index (χ0) is 19.1. The second-order valence-electron chi connectivity index (χ2n) is 6.06. The molecule has 3 rings (SSSR count). The highest BCUT2D eigenvalue weighted by Gasteiger charge is 2.10. The third kappa shape index (κ3) is 4.70. The van der Waals surface area contributed by atoms with Gasteiger partial charge in [0.15, 0.2) is 0 Å². The molecule has 0 aliphatic rings. The molecule has 0 saturated carbocycles. The summed E-state index contributed by atoms with van der Waals surface area (Å²) in [6.07, 6.45) is 0.773. The summed E-state index contributed by atoms with van der Waals surface area (Å²) in [6.45, 7) is 3.00. The fraction of sp³-hybridized carbons (Fsp3) is 0.227. The van der Waals surface area contributed by atoms with Crippen LogP contribution in [0.2, 0.25) is 0 Å². The predicted molar refractivity (Wildman–Crippen MR) is 106 cm³/mol. The average molecular weight is 365 g/mol. The van der Waals surface area contributed by atoms with Crippen molar-refractivity contribution in [3.05, 3.63) is 66.2 Å². The zero-order valence-electron chi connectivity index (χ0n) is 15.3. The van der Waals surface area contributed by atoms with E-state index in [1.165, 1.54) is 0 Å². The fourth-order valence-electron chi connectivity index (χ4n) is 2.69. The van der Waals surface area contributed by atoms with Crippen molar-refractivity contribution in [2.75, 3.05) is 25.6 Å². The molecule has 0 unspecified atom stereocenters. The van der Waals surface area contributed by atoms with E-state index in [2.05, 4.69) is 0 Å². The van der Waals surface area contributed by atoms with Gasteiger partial charge in [-0.25, -0.2) is 4.79 Å². The number of carbonyl (C=O) groups excluding carboxylic acids is 1. The monoisotopic (exact) mass is 365 g/mol. The van der Waals surface area contributed by atoms with Crippen molar-refractivity contribution < 1.29 is 19.0 Å². The van der Waals surface area contributed by atoms with Crippen molar-refractivity contribution in [3.8, 4) is 11.5 Å². The summed E-state index contributed by atoms with van der Waals surface area (Å²) >= 11 is 0. The molecule has 3 aromatic rings. The first-order valence-electron chi connectivity index (χ1n) is 8.99. The lowest BCUT2D eigenvalue weighted by molar-refractivity contribution is 0.0504. The summed E-state index contributed by atoms with van der Waals surface area (Å²) in [5, 5.41) is 2.18. The Kier molecular flexibility index (Phi) is 6.15. The van der Waals surface area contributed by atoms with Crippen molar-refractivity contribution in [1.29, 1.82) is 0 Å². The first kappa shape index (κ1) is 18.6. The molecule has 0 fully saturated rings. The van der Waals surface area contributed by atoms with E-state index >= 15 is 0 Å². The van der Waals surface area contributed by atoms with Crippen LogP contribution in [0.25, 0.3) is 10.8 Å². The molecule has 5 heteroatoms. The third-order valence-corrected chi connectivity index (χ3v) is 4.03. The van der Waals surface area contributed by atoms with E-state index in [0.29, 0.717) is 36.8 Å². The molecule has 0 heterocycles. The Morgan fingerprint density at radius 2 is 1.63 bits per heavy atom. The molecule has 140 valence electrons. The quantitative estimate of drug-likeness (QED) is 0.363. The van der Waals surface area contributed by atoms with Crippen LogP contribution in [0.3, 0.4) is 0 Å². The van der Waals surface area contributed by atoms with E-state index in [9.17, 15) is 4.79 Å². The minimum absolute atomic E-state index is 0.306. The van der Waals surface area contributed by atoms with Crippen LogP contribution in [0.1, 0.15) is 23.7 Å². The smallest absolute Gasteiger partial charge is 0.338 e. The fourth-order valence-corrected chi connectivity index (χ4v) is 2.69. The van der Waals surface area contributed by atoms with Crippen LogP contribution < -0.4 is 15.2 Å². The third-order valence-electron chi connectivity index (χ3n) is 4.03. The molecule has 3 aromatic carbocycles. The Hall–Kier alpha value is -3.21. The van der Waals surface area contributed by atoms with Crippen molar-refractivity contribution in [3.63, 3.8) is 0 Å². The number of nitrogens with two attached hydrogens (primary N) is 1. The lowest BCUT2D eigenvalue weighted by Crippen LogP contribution is -2.11. The van der Waals surface area contributed by atoms with Gasteiger partial charge in [0.1, 0.15) is 24.7 Å². The van der Waals surface area contributed by atoms with E-state index in [4.69, 9.17) is 19.9 Å². The van der Waals surface area contributed by atoms with Crippen LogP contribution in [-0.4, -0.2) is 25.8 Å². The highest BCUT2D eigenvalue weighted by atomic mass is 16.5. The predicted octanol–water partition coefficient (Wildman–Crippen LogP) is 4.45. The molecule has 2 N–H and O–H groups in total. The summed E-state index contributed by atoms with van der Waals surface area (Å²) < 4.78 is 16.7. The summed E-state index contributed by atoms with van der Waals surface area (Å²) in [5.74, 6) is 0.873. The Morgan fingerprint density at radius 3 is 2.44 bits per heavy atom. The number of rotatable bonds is 8. The van der Waals surface area contributed by atoms with Crippen LogP contribution in [0.15, 0.2) is 60.7 Å². The van der Waals surface area contributed by atoms with E-state index in [0.717, 1.165) is 22.9 Å². The molecule has 0 saturated heterocycles. The van der Waals surface area contributed by atoms with Gasteiger partial charge in [-0.3, -0.25) is 0 Å². The maximum atomic E-state index is 12.0. The van der Waals surface area contributed by atoms with E-state index in [1.807, 2.05) is 49.4 Å². The van der Waals surface area contributed by atoms with E-state index in [-0.39, 0.29) is 5.97 Å². The first-order valence-corrected chi connectivity index (χ1v) is 8.99. The molecule has 0 aliphatic heterocycles. The Balaban J connectivity index is 1.59. The Bertz CT molecular complexity index is 918. The van der Waals surface area contributed by atoms with Crippen LogP contribution in [-0.2, 0) is 4.74 Å². The zero-order valence-corrected chi connectivity index (χ0v) is 15.3. The topological polar surface area (TPSA) is 70.8 Å². The van der Waals surface area contributed by atoms with Crippen LogP contribution in [0, 0.1) is 0 Å². The second-order valence-corrected chi connectivity index (χ2v) is 6.06.